The maximum Gasteiger partial charge on any atom is 0.335 e. The van der Waals surface area contributed by atoms with Gasteiger partial charge in [0.1, 0.15) is 5.76 Å². The number of ketones is 1. The van der Waals surface area contributed by atoms with E-state index in [4.69, 9.17) is 9.52 Å². The van der Waals surface area contributed by atoms with Gasteiger partial charge in [0.25, 0.3) is 0 Å². The molecule has 1 aromatic carbocycles. The molecule has 0 aliphatic heterocycles. The van der Waals surface area contributed by atoms with Gasteiger partial charge in [-0.25, -0.2) is 4.79 Å². The molecule has 114 valence electrons. The van der Waals surface area contributed by atoms with E-state index >= 15 is 0 Å². The highest BCUT2D eigenvalue weighted by molar-refractivity contribution is 6.03. The van der Waals surface area contributed by atoms with Crippen molar-refractivity contribution in [2.75, 3.05) is 5.32 Å². The summed E-state index contributed by atoms with van der Waals surface area (Å²) in [7, 11) is 0. The Morgan fingerprint density at radius 1 is 1.18 bits per heavy atom. The topological polar surface area (TPSA) is 79.5 Å². The Morgan fingerprint density at radius 3 is 2.45 bits per heavy atom. The van der Waals surface area contributed by atoms with E-state index in [9.17, 15) is 9.59 Å². The van der Waals surface area contributed by atoms with Crippen LogP contribution in [0.25, 0.3) is 0 Å². The predicted molar refractivity (Wildman–Crippen MR) is 83.3 cm³/mol. The minimum atomic E-state index is -0.967. The van der Waals surface area contributed by atoms with Crippen molar-refractivity contribution < 1.29 is 19.1 Å². The van der Waals surface area contributed by atoms with Crippen LogP contribution in [0.1, 0.15) is 39.2 Å². The molecule has 0 fully saturated rings. The summed E-state index contributed by atoms with van der Waals surface area (Å²) in [6.45, 7) is 5.34. The Labute approximate surface area is 128 Å². The molecule has 5 nitrogen and oxygen atoms in total. The van der Waals surface area contributed by atoms with Crippen molar-refractivity contribution in [1.82, 2.24) is 0 Å². The van der Waals surface area contributed by atoms with E-state index in [1.165, 1.54) is 12.1 Å². The van der Waals surface area contributed by atoms with Gasteiger partial charge in [0, 0.05) is 17.5 Å². The fraction of sp³-hybridized carbons (Fsp3) is 0.176. The minimum Gasteiger partial charge on any atom is -0.478 e. The van der Waals surface area contributed by atoms with Gasteiger partial charge < -0.3 is 14.8 Å². The lowest BCUT2D eigenvalue weighted by Crippen LogP contribution is -2.03. The van der Waals surface area contributed by atoms with Crippen LogP contribution in [-0.4, -0.2) is 16.9 Å². The first kappa shape index (κ1) is 15.6. The number of aryl methyl sites for hydroxylation is 2. The first-order chi connectivity index (χ1) is 10.4. The van der Waals surface area contributed by atoms with E-state index in [1.807, 2.05) is 0 Å². The van der Waals surface area contributed by atoms with Gasteiger partial charge in [-0.2, -0.15) is 0 Å². The molecule has 0 amide bonds. The molecule has 2 N–H and O–H groups in total. The second kappa shape index (κ2) is 6.30. The number of hydrogen-bond acceptors (Lipinski definition) is 4. The van der Waals surface area contributed by atoms with E-state index in [-0.39, 0.29) is 17.1 Å². The van der Waals surface area contributed by atoms with Gasteiger partial charge >= 0.3 is 5.97 Å². The maximum absolute atomic E-state index is 12.0. The third kappa shape index (κ3) is 3.63. The lowest BCUT2D eigenvalue weighted by atomic mass is 10.1. The fourth-order valence-electron chi connectivity index (χ4n) is 2.02. The number of anilines is 1. The summed E-state index contributed by atoms with van der Waals surface area (Å²) in [5, 5.41) is 12.0. The van der Waals surface area contributed by atoms with Crippen LogP contribution in [0.2, 0.25) is 0 Å². The number of carbonyl (C=O) groups excluding carboxylic acids is 1. The molecule has 0 spiro atoms. The number of carboxylic acids is 1. The van der Waals surface area contributed by atoms with E-state index in [0.29, 0.717) is 11.5 Å². The summed E-state index contributed by atoms with van der Waals surface area (Å²) in [5.41, 5.74) is 2.41. The molecule has 0 radical (unpaired) electrons. The molecule has 0 saturated carbocycles. The molecule has 5 heteroatoms. The van der Waals surface area contributed by atoms with E-state index in [2.05, 4.69) is 5.32 Å². The Balaban J connectivity index is 2.14. The van der Waals surface area contributed by atoms with E-state index < -0.39 is 5.97 Å². The van der Waals surface area contributed by atoms with Crippen molar-refractivity contribution in [3.8, 4) is 0 Å². The highest BCUT2D eigenvalue weighted by Crippen LogP contribution is 2.19. The molecule has 0 aliphatic rings. The van der Waals surface area contributed by atoms with Crippen molar-refractivity contribution in [1.29, 1.82) is 0 Å². The highest BCUT2D eigenvalue weighted by atomic mass is 16.4. The zero-order chi connectivity index (χ0) is 16.3. The van der Waals surface area contributed by atoms with Crippen LogP contribution in [0, 0.1) is 13.8 Å². The number of furan rings is 1. The van der Waals surface area contributed by atoms with Crippen molar-refractivity contribution in [2.24, 2.45) is 0 Å². The molecule has 0 atom stereocenters. The Hall–Kier alpha value is -2.82. The molecule has 0 bridgehead atoms. The van der Waals surface area contributed by atoms with Gasteiger partial charge in [0.05, 0.1) is 5.56 Å². The van der Waals surface area contributed by atoms with Gasteiger partial charge in [-0.1, -0.05) is 0 Å². The van der Waals surface area contributed by atoms with Gasteiger partial charge in [0.2, 0.25) is 5.78 Å². The van der Waals surface area contributed by atoms with Crippen molar-refractivity contribution >= 4 is 17.4 Å². The smallest absolute Gasteiger partial charge is 0.335 e. The molecule has 2 aromatic rings. The lowest BCUT2D eigenvalue weighted by Gasteiger charge is -2.10. The molecule has 1 aromatic heterocycles. The van der Waals surface area contributed by atoms with Gasteiger partial charge in [-0.05, 0) is 56.7 Å². The molecule has 2 rings (SSSR count). The Bertz CT molecular complexity index is 756. The molecule has 22 heavy (non-hydrogen) atoms. The number of rotatable bonds is 5. The standard InChI is InChI=1S/C17H17NO4/c1-10-8-13(17(20)21)5-6-14(10)18-11(2)9-15(19)16-7-4-12(3)22-16/h4-9,18H,1-3H3,(H,20,21). The predicted octanol–water partition coefficient (Wildman–Crippen LogP) is 3.79. The van der Waals surface area contributed by atoms with Crippen molar-refractivity contribution in [2.45, 2.75) is 20.8 Å². The molecule has 0 saturated heterocycles. The number of hydrogen-bond donors (Lipinski definition) is 2. The molecule has 0 unspecified atom stereocenters. The second-order valence-electron chi connectivity index (χ2n) is 5.06. The van der Waals surface area contributed by atoms with Gasteiger partial charge in [-0.3, -0.25) is 4.79 Å². The monoisotopic (exact) mass is 299 g/mol. The zero-order valence-electron chi connectivity index (χ0n) is 12.6. The summed E-state index contributed by atoms with van der Waals surface area (Å²) in [6.07, 6.45) is 1.45. The zero-order valence-corrected chi connectivity index (χ0v) is 12.6. The Morgan fingerprint density at radius 2 is 1.91 bits per heavy atom. The normalized spacial score (nSPS) is 11.3. The average molecular weight is 299 g/mol. The number of carbonyl (C=O) groups is 2. The van der Waals surface area contributed by atoms with E-state index in [0.717, 1.165) is 11.3 Å². The maximum atomic E-state index is 12.0. The van der Waals surface area contributed by atoms with E-state index in [1.54, 1.807) is 45.0 Å². The molecular formula is C17H17NO4. The first-order valence-corrected chi connectivity index (χ1v) is 6.77. The molecule has 1 heterocycles. The number of carboxylic acid groups (broad SMARTS) is 1. The fourth-order valence-corrected chi connectivity index (χ4v) is 2.02. The SMILES string of the molecule is CC(=CC(=O)c1ccc(C)o1)Nc1ccc(C(=O)O)cc1C. The van der Waals surface area contributed by atoms with Crippen LogP contribution in [0.15, 0.2) is 46.5 Å². The van der Waals surface area contributed by atoms with Crippen LogP contribution in [0.5, 0.6) is 0 Å². The summed E-state index contributed by atoms with van der Waals surface area (Å²) >= 11 is 0. The average Bonchev–Trinajstić information content (AvgIpc) is 2.87. The van der Waals surface area contributed by atoms with Gasteiger partial charge in [0.15, 0.2) is 5.76 Å². The van der Waals surface area contributed by atoms with Crippen LogP contribution >= 0.6 is 0 Å². The van der Waals surface area contributed by atoms with Crippen molar-refractivity contribution in [3.05, 3.63) is 64.8 Å². The molecule has 0 aliphatic carbocycles. The van der Waals surface area contributed by atoms with Crippen LogP contribution in [0.3, 0.4) is 0 Å². The van der Waals surface area contributed by atoms with Gasteiger partial charge in [-0.15, -0.1) is 0 Å². The number of benzene rings is 1. The summed E-state index contributed by atoms with van der Waals surface area (Å²) in [4.78, 5) is 22.9. The number of nitrogens with one attached hydrogen (secondary N) is 1. The van der Waals surface area contributed by atoms with Crippen LogP contribution < -0.4 is 5.32 Å². The quantitative estimate of drug-likeness (QED) is 0.648. The molecular weight excluding hydrogens is 282 g/mol. The van der Waals surface area contributed by atoms with Crippen LogP contribution in [-0.2, 0) is 0 Å². The van der Waals surface area contributed by atoms with Crippen molar-refractivity contribution in [3.63, 3.8) is 0 Å². The minimum absolute atomic E-state index is 0.224. The Kier molecular flexibility index (Phi) is 4.46. The number of allylic oxidation sites excluding steroid dienone is 2. The first-order valence-electron chi connectivity index (χ1n) is 6.77. The summed E-state index contributed by atoms with van der Waals surface area (Å²) in [5.74, 6) is -0.220. The largest absolute Gasteiger partial charge is 0.478 e. The lowest BCUT2D eigenvalue weighted by molar-refractivity contribution is 0.0696. The van der Waals surface area contributed by atoms with Crippen LogP contribution in [0.4, 0.5) is 5.69 Å². The third-order valence-corrected chi connectivity index (χ3v) is 3.14. The third-order valence-electron chi connectivity index (χ3n) is 3.14. The summed E-state index contributed by atoms with van der Waals surface area (Å²) < 4.78 is 5.28. The second-order valence-corrected chi connectivity index (χ2v) is 5.06. The number of aromatic carboxylic acids is 1. The highest BCUT2D eigenvalue weighted by Gasteiger charge is 2.09. The summed E-state index contributed by atoms with van der Waals surface area (Å²) in [6, 6.07) is 8.14.